The predicted octanol–water partition coefficient (Wildman–Crippen LogP) is 1.97. The number of alkyl halides is 3. The van der Waals surface area contributed by atoms with E-state index in [1.165, 1.54) is 0 Å². The van der Waals surface area contributed by atoms with Gasteiger partial charge in [0.1, 0.15) is 20.8 Å². The molecular weight excluding hydrogens is 303 g/mol. The molecule has 0 fully saturated rings. The number of nitrogens with one attached hydrogen (secondary N) is 1. The third-order valence-electron chi connectivity index (χ3n) is 2.07. The number of hydrogen-bond acceptors (Lipinski definition) is 6. The minimum Gasteiger partial charge on any atom is -0.396 e. The maximum absolute atomic E-state index is 12.0. The van der Waals surface area contributed by atoms with Crippen molar-refractivity contribution < 1.29 is 21.6 Å². The highest BCUT2D eigenvalue weighted by Crippen LogP contribution is 2.38. The van der Waals surface area contributed by atoms with Crippen LogP contribution in [-0.4, -0.2) is 27.4 Å². The molecule has 0 atom stereocenters. The summed E-state index contributed by atoms with van der Waals surface area (Å²) in [5, 5.41) is 11.1. The zero-order valence-electron chi connectivity index (χ0n) is 9.71. The highest BCUT2D eigenvalue weighted by Gasteiger charge is 2.28. The number of nitriles is 1. The summed E-state index contributed by atoms with van der Waals surface area (Å²) in [4.78, 5) is -0.369. The maximum Gasteiger partial charge on any atom is 0.390 e. The summed E-state index contributed by atoms with van der Waals surface area (Å²) in [6.45, 7) is -0.489. The lowest BCUT2D eigenvalue weighted by molar-refractivity contribution is -0.131. The van der Waals surface area contributed by atoms with Crippen LogP contribution in [0.5, 0.6) is 0 Å². The quantitative estimate of drug-likeness (QED) is 0.886. The van der Waals surface area contributed by atoms with E-state index in [0.717, 1.165) is 17.6 Å². The van der Waals surface area contributed by atoms with Crippen molar-refractivity contribution in [1.29, 1.82) is 5.26 Å². The Balaban J connectivity index is 3.05. The van der Waals surface area contributed by atoms with E-state index in [2.05, 4.69) is 5.32 Å². The van der Waals surface area contributed by atoms with Crippen molar-refractivity contribution in [2.24, 2.45) is 0 Å². The van der Waals surface area contributed by atoms with Gasteiger partial charge >= 0.3 is 6.18 Å². The molecule has 0 saturated carbocycles. The molecule has 0 radical (unpaired) electrons. The summed E-state index contributed by atoms with van der Waals surface area (Å²) in [7, 11) is -3.73. The Bertz CT molecular complexity index is 614. The minimum absolute atomic E-state index is 0.0409. The van der Waals surface area contributed by atoms with Crippen LogP contribution >= 0.6 is 11.3 Å². The highest BCUT2D eigenvalue weighted by molar-refractivity contribution is 7.91. The Kier molecular flexibility index (Phi) is 4.32. The van der Waals surface area contributed by atoms with Crippen LogP contribution in [0.15, 0.2) is 4.90 Å². The Morgan fingerprint density at radius 2 is 2.05 bits per heavy atom. The first-order valence-corrected chi connectivity index (χ1v) is 7.60. The summed E-state index contributed by atoms with van der Waals surface area (Å²) >= 11 is 0.720. The molecule has 1 aromatic heterocycles. The molecular formula is C9H10F3N3O2S2. The standard InChI is InChI=1S/C9H10F3N3O2S2/c1-19(16,17)7-6(14)5(4-13)18-8(7)15-3-2-9(10,11)12/h15H,2-3,14H2,1H3. The van der Waals surface area contributed by atoms with Crippen LogP contribution in [0, 0.1) is 11.3 Å². The van der Waals surface area contributed by atoms with Crippen molar-refractivity contribution in [2.75, 3.05) is 23.9 Å². The van der Waals surface area contributed by atoms with Crippen molar-refractivity contribution in [2.45, 2.75) is 17.5 Å². The van der Waals surface area contributed by atoms with Gasteiger partial charge in [0.25, 0.3) is 0 Å². The molecule has 3 N–H and O–H groups in total. The molecule has 0 amide bonds. The van der Waals surface area contributed by atoms with Crippen molar-refractivity contribution in [1.82, 2.24) is 0 Å². The average Bonchev–Trinajstić information content (AvgIpc) is 2.52. The van der Waals surface area contributed by atoms with Crippen LogP contribution in [0.3, 0.4) is 0 Å². The van der Waals surface area contributed by atoms with Gasteiger partial charge in [0.05, 0.1) is 12.1 Å². The van der Waals surface area contributed by atoms with Crippen LogP contribution < -0.4 is 11.1 Å². The summed E-state index contributed by atoms with van der Waals surface area (Å²) in [6.07, 6.45) is -4.59. The van der Waals surface area contributed by atoms with E-state index in [0.29, 0.717) is 0 Å². The average molecular weight is 313 g/mol. The van der Waals surface area contributed by atoms with Gasteiger partial charge in [-0.25, -0.2) is 8.42 Å². The van der Waals surface area contributed by atoms with Crippen molar-refractivity contribution >= 4 is 31.9 Å². The molecule has 1 aromatic rings. The van der Waals surface area contributed by atoms with E-state index in [-0.39, 0.29) is 20.5 Å². The molecule has 0 aliphatic carbocycles. The van der Waals surface area contributed by atoms with Gasteiger partial charge in [-0.1, -0.05) is 0 Å². The van der Waals surface area contributed by atoms with E-state index < -0.39 is 29.0 Å². The molecule has 0 aromatic carbocycles. The first-order chi connectivity index (χ1) is 8.56. The smallest absolute Gasteiger partial charge is 0.390 e. The SMILES string of the molecule is CS(=O)(=O)c1c(NCCC(F)(F)F)sc(C#N)c1N. The van der Waals surface area contributed by atoms with Crippen LogP contribution in [0.1, 0.15) is 11.3 Å². The second-order valence-corrected chi connectivity index (χ2v) is 6.65. The number of sulfone groups is 1. The Morgan fingerprint density at radius 3 is 2.47 bits per heavy atom. The van der Waals surface area contributed by atoms with Crippen LogP contribution in [0.4, 0.5) is 23.9 Å². The summed E-state index contributed by atoms with van der Waals surface area (Å²) in [6, 6.07) is 1.70. The Morgan fingerprint density at radius 1 is 1.47 bits per heavy atom. The van der Waals surface area contributed by atoms with Gasteiger partial charge in [-0.3, -0.25) is 0 Å². The van der Waals surface area contributed by atoms with Gasteiger partial charge in [0.15, 0.2) is 9.84 Å². The van der Waals surface area contributed by atoms with Crippen LogP contribution in [-0.2, 0) is 9.84 Å². The monoisotopic (exact) mass is 313 g/mol. The number of thiophene rings is 1. The van der Waals surface area contributed by atoms with Crippen molar-refractivity contribution in [3.63, 3.8) is 0 Å². The fourth-order valence-electron chi connectivity index (χ4n) is 1.31. The molecule has 0 bridgehead atoms. The summed E-state index contributed by atoms with van der Waals surface area (Å²) < 4.78 is 59.1. The lowest BCUT2D eigenvalue weighted by Crippen LogP contribution is -2.15. The minimum atomic E-state index is -4.35. The third-order valence-corrected chi connectivity index (χ3v) is 4.43. The molecule has 0 saturated heterocycles. The fourth-order valence-corrected chi connectivity index (χ4v) is 3.71. The number of anilines is 2. The second kappa shape index (κ2) is 5.26. The predicted molar refractivity (Wildman–Crippen MR) is 65.7 cm³/mol. The first-order valence-electron chi connectivity index (χ1n) is 4.89. The molecule has 0 spiro atoms. The van der Waals surface area contributed by atoms with E-state index >= 15 is 0 Å². The molecule has 0 unspecified atom stereocenters. The highest BCUT2D eigenvalue weighted by atomic mass is 32.2. The molecule has 10 heteroatoms. The zero-order chi connectivity index (χ0) is 14.8. The zero-order valence-corrected chi connectivity index (χ0v) is 11.3. The summed E-state index contributed by atoms with van der Waals surface area (Å²) in [5.74, 6) is 0. The second-order valence-electron chi connectivity index (χ2n) is 3.68. The van der Waals surface area contributed by atoms with Gasteiger partial charge in [0.2, 0.25) is 0 Å². The van der Waals surface area contributed by atoms with E-state index in [4.69, 9.17) is 11.0 Å². The number of halogens is 3. The molecule has 0 aliphatic rings. The Hall–Kier alpha value is -1.47. The number of hydrogen-bond donors (Lipinski definition) is 2. The fraction of sp³-hybridized carbons (Fsp3) is 0.444. The number of nitrogens with two attached hydrogens (primary N) is 1. The molecule has 19 heavy (non-hydrogen) atoms. The summed E-state index contributed by atoms with van der Waals surface area (Å²) in [5.41, 5.74) is 5.27. The number of nitrogen functional groups attached to an aromatic ring is 1. The molecule has 106 valence electrons. The van der Waals surface area contributed by atoms with Gasteiger partial charge in [-0.2, -0.15) is 18.4 Å². The van der Waals surface area contributed by atoms with Gasteiger partial charge in [-0.15, -0.1) is 11.3 Å². The molecule has 1 heterocycles. The van der Waals surface area contributed by atoms with Gasteiger partial charge < -0.3 is 11.1 Å². The van der Waals surface area contributed by atoms with Crippen LogP contribution in [0.2, 0.25) is 0 Å². The van der Waals surface area contributed by atoms with E-state index in [1.54, 1.807) is 6.07 Å². The third kappa shape index (κ3) is 4.00. The Labute approximate surface area is 111 Å². The van der Waals surface area contributed by atoms with Crippen molar-refractivity contribution in [3.8, 4) is 6.07 Å². The largest absolute Gasteiger partial charge is 0.396 e. The van der Waals surface area contributed by atoms with Crippen LogP contribution in [0.25, 0.3) is 0 Å². The topological polar surface area (TPSA) is 96.0 Å². The molecule has 5 nitrogen and oxygen atoms in total. The van der Waals surface area contributed by atoms with Gasteiger partial charge in [-0.05, 0) is 0 Å². The van der Waals surface area contributed by atoms with Crippen molar-refractivity contribution in [3.05, 3.63) is 4.88 Å². The van der Waals surface area contributed by atoms with Gasteiger partial charge in [0, 0.05) is 12.8 Å². The number of rotatable bonds is 4. The van der Waals surface area contributed by atoms with E-state index in [9.17, 15) is 21.6 Å². The molecule has 1 rings (SSSR count). The lowest BCUT2D eigenvalue weighted by atomic mass is 10.4. The number of nitrogens with zero attached hydrogens (tertiary/aromatic N) is 1. The molecule has 0 aliphatic heterocycles. The lowest BCUT2D eigenvalue weighted by Gasteiger charge is -2.08. The van der Waals surface area contributed by atoms with E-state index in [1.807, 2.05) is 0 Å². The first kappa shape index (κ1) is 15.6. The maximum atomic E-state index is 12.0. The normalized spacial score (nSPS) is 12.2.